The lowest BCUT2D eigenvalue weighted by atomic mass is 10.1. The normalized spacial score (nSPS) is 11.3. The number of benzene rings is 1. The van der Waals surface area contributed by atoms with Crippen molar-refractivity contribution in [3.05, 3.63) is 58.4 Å². The van der Waals surface area contributed by atoms with Crippen molar-refractivity contribution in [1.29, 1.82) is 0 Å². The molecule has 0 fully saturated rings. The highest BCUT2D eigenvalue weighted by atomic mass is 32.1. The molecule has 3 heteroatoms. The molecule has 0 bridgehead atoms. The maximum Gasteiger partial charge on any atom is 0.0525 e. The Hall–Kier alpha value is -1.58. The van der Waals surface area contributed by atoms with Gasteiger partial charge in [-0.05, 0) is 58.8 Å². The number of hydrogen-bond acceptors (Lipinski definition) is 2. The van der Waals surface area contributed by atoms with Gasteiger partial charge in [-0.1, -0.05) is 25.1 Å². The van der Waals surface area contributed by atoms with Crippen LogP contribution in [0.15, 0.2) is 47.3 Å². The topological polar surface area (TPSA) is 17.0 Å². The SMILES string of the molecule is CCCNCc1cccc2ccn(CCc3ccsc3)c12. The maximum absolute atomic E-state index is 3.52. The molecule has 0 spiro atoms. The molecule has 0 aliphatic rings. The fourth-order valence-corrected chi connectivity index (χ4v) is 3.46. The molecule has 0 aliphatic carbocycles. The van der Waals surface area contributed by atoms with Crippen LogP contribution in [0.4, 0.5) is 0 Å². The Labute approximate surface area is 130 Å². The van der Waals surface area contributed by atoms with Crippen molar-refractivity contribution >= 4 is 22.2 Å². The average Bonchev–Trinajstić information content (AvgIpc) is 3.15. The van der Waals surface area contributed by atoms with Gasteiger partial charge in [-0.2, -0.15) is 11.3 Å². The first kappa shape index (κ1) is 14.4. The number of aryl methyl sites for hydroxylation is 2. The molecule has 2 aromatic heterocycles. The second-order valence-electron chi connectivity index (χ2n) is 5.42. The fraction of sp³-hybridized carbons (Fsp3) is 0.333. The summed E-state index contributed by atoms with van der Waals surface area (Å²) in [6.07, 6.45) is 4.50. The van der Waals surface area contributed by atoms with Crippen molar-refractivity contribution in [3.8, 4) is 0 Å². The van der Waals surface area contributed by atoms with Crippen molar-refractivity contribution in [1.82, 2.24) is 9.88 Å². The average molecular weight is 298 g/mol. The van der Waals surface area contributed by atoms with Gasteiger partial charge in [0.25, 0.3) is 0 Å². The van der Waals surface area contributed by atoms with Crippen LogP contribution in [0.1, 0.15) is 24.5 Å². The van der Waals surface area contributed by atoms with Gasteiger partial charge in [-0.25, -0.2) is 0 Å². The van der Waals surface area contributed by atoms with Crippen molar-refractivity contribution < 1.29 is 0 Å². The molecular weight excluding hydrogens is 276 g/mol. The molecule has 2 nitrogen and oxygen atoms in total. The second kappa shape index (κ2) is 6.92. The van der Waals surface area contributed by atoms with Crippen LogP contribution in [0.25, 0.3) is 10.9 Å². The van der Waals surface area contributed by atoms with Crippen LogP contribution in [-0.4, -0.2) is 11.1 Å². The van der Waals surface area contributed by atoms with Gasteiger partial charge in [0.15, 0.2) is 0 Å². The summed E-state index contributed by atoms with van der Waals surface area (Å²) in [7, 11) is 0. The summed E-state index contributed by atoms with van der Waals surface area (Å²) in [5.41, 5.74) is 4.22. The van der Waals surface area contributed by atoms with E-state index in [-0.39, 0.29) is 0 Å². The lowest BCUT2D eigenvalue weighted by Crippen LogP contribution is -2.14. The zero-order valence-corrected chi connectivity index (χ0v) is 13.3. The van der Waals surface area contributed by atoms with Crippen LogP contribution in [0.2, 0.25) is 0 Å². The molecule has 1 aromatic carbocycles. The Kier molecular flexibility index (Phi) is 4.73. The number of rotatable bonds is 7. The lowest BCUT2D eigenvalue weighted by molar-refractivity contribution is 0.670. The summed E-state index contributed by atoms with van der Waals surface area (Å²) in [5.74, 6) is 0. The Balaban J connectivity index is 1.81. The van der Waals surface area contributed by atoms with Crippen molar-refractivity contribution in [2.24, 2.45) is 0 Å². The molecule has 110 valence electrons. The van der Waals surface area contributed by atoms with Gasteiger partial charge in [0.05, 0.1) is 5.52 Å². The Morgan fingerprint density at radius 3 is 2.95 bits per heavy atom. The summed E-state index contributed by atoms with van der Waals surface area (Å²) < 4.78 is 2.40. The zero-order chi connectivity index (χ0) is 14.5. The molecule has 21 heavy (non-hydrogen) atoms. The zero-order valence-electron chi connectivity index (χ0n) is 12.5. The summed E-state index contributed by atoms with van der Waals surface area (Å²) in [6, 6.07) is 11.1. The van der Waals surface area contributed by atoms with E-state index >= 15 is 0 Å². The molecule has 2 heterocycles. The third-order valence-corrected chi connectivity index (χ3v) is 4.57. The molecule has 0 saturated heterocycles. The van der Waals surface area contributed by atoms with Gasteiger partial charge in [-0.3, -0.25) is 0 Å². The number of thiophene rings is 1. The molecule has 0 atom stereocenters. The first-order valence-corrected chi connectivity index (χ1v) is 8.61. The molecule has 3 aromatic rings. The molecule has 0 amide bonds. The highest BCUT2D eigenvalue weighted by Gasteiger charge is 2.06. The number of nitrogens with zero attached hydrogens (tertiary/aromatic N) is 1. The standard InChI is InChI=1S/C18H22N2S/c1-2-9-19-13-17-5-3-4-16-7-11-20(18(16)17)10-6-15-8-12-21-14-15/h3-5,7-8,11-12,14,19H,2,6,9-10,13H2,1H3. The highest BCUT2D eigenvalue weighted by Crippen LogP contribution is 2.21. The van der Waals surface area contributed by atoms with Gasteiger partial charge < -0.3 is 9.88 Å². The Morgan fingerprint density at radius 1 is 1.19 bits per heavy atom. The molecule has 1 N–H and O–H groups in total. The largest absolute Gasteiger partial charge is 0.347 e. The smallest absolute Gasteiger partial charge is 0.0525 e. The predicted molar refractivity (Wildman–Crippen MR) is 92.0 cm³/mol. The summed E-state index contributed by atoms with van der Waals surface area (Å²) in [6.45, 7) is 5.28. The van der Waals surface area contributed by atoms with Crippen LogP contribution in [0.5, 0.6) is 0 Å². The number of aromatic nitrogens is 1. The van der Waals surface area contributed by atoms with Crippen molar-refractivity contribution in [2.45, 2.75) is 32.9 Å². The summed E-state index contributed by atoms with van der Waals surface area (Å²) in [4.78, 5) is 0. The monoisotopic (exact) mass is 298 g/mol. The van der Waals surface area contributed by atoms with Gasteiger partial charge in [-0.15, -0.1) is 0 Å². The van der Waals surface area contributed by atoms with E-state index in [4.69, 9.17) is 0 Å². The first-order valence-electron chi connectivity index (χ1n) is 7.67. The van der Waals surface area contributed by atoms with Crippen molar-refractivity contribution in [2.75, 3.05) is 6.54 Å². The van der Waals surface area contributed by atoms with E-state index in [1.165, 1.54) is 28.5 Å². The van der Waals surface area contributed by atoms with Gasteiger partial charge in [0.1, 0.15) is 0 Å². The Morgan fingerprint density at radius 2 is 2.14 bits per heavy atom. The molecular formula is C18H22N2S. The molecule has 3 rings (SSSR count). The van der Waals surface area contributed by atoms with E-state index in [0.717, 1.165) is 26.1 Å². The predicted octanol–water partition coefficient (Wildman–Crippen LogP) is 4.45. The van der Waals surface area contributed by atoms with Crippen molar-refractivity contribution in [3.63, 3.8) is 0 Å². The van der Waals surface area contributed by atoms with Gasteiger partial charge >= 0.3 is 0 Å². The summed E-state index contributed by atoms with van der Waals surface area (Å²) in [5, 5.41) is 9.26. The third kappa shape index (κ3) is 3.36. The second-order valence-corrected chi connectivity index (χ2v) is 6.20. The van der Waals surface area contributed by atoms with E-state index in [0.29, 0.717) is 0 Å². The van der Waals surface area contributed by atoms with Crippen LogP contribution >= 0.6 is 11.3 Å². The van der Waals surface area contributed by atoms with Crippen LogP contribution in [-0.2, 0) is 19.5 Å². The minimum Gasteiger partial charge on any atom is -0.347 e. The molecule has 0 aliphatic heterocycles. The minimum atomic E-state index is 0.952. The minimum absolute atomic E-state index is 0.952. The molecule has 0 unspecified atom stereocenters. The number of nitrogens with one attached hydrogen (secondary N) is 1. The first-order chi connectivity index (χ1) is 10.4. The van der Waals surface area contributed by atoms with E-state index in [9.17, 15) is 0 Å². The van der Waals surface area contributed by atoms with E-state index in [1.807, 2.05) is 0 Å². The van der Waals surface area contributed by atoms with Gasteiger partial charge in [0.2, 0.25) is 0 Å². The van der Waals surface area contributed by atoms with Crippen LogP contribution in [0, 0.1) is 0 Å². The molecule has 0 radical (unpaired) electrons. The van der Waals surface area contributed by atoms with Crippen LogP contribution < -0.4 is 5.32 Å². The van der Waals surface area contributed by atoms with E-state index < -0.39 is 0 Å². The van der Waals surface area contributed by atoms with Crippen LogP contribution in [0.3, 0.4) is 0 Å². The fourth-order valence-electron chi connectivity index (χ4n) is 2.75. The number of para-hydroxylation sites is 1. The highest BCUT2D eigenvalue weighted by molar-refractivity contribution is 7.07. The number of hydrogen-bond donors (Lipinski definition) is 1. The van der Waals surface area contributed by atoms with E-state index in [2.05, 4.69) is 64.1 Å². The maximum atomic E-state index is 3.52. The Bertz CT molecular complexity index is 682. The third-order valence-electron chi connectivity index (χ3n) is 3.84. The van der Waals surface area contributed by atoms with E-state index in [1.54, 1.807) is 11.3 Å². The van der Waals surface area contributed by atoms with Gasteiger partial charge in [0, 0.05) is 19.3 Å². The summed E-state index contributed by atoms with van der Waals surface area (Å²) >= 11 is 1.78. The molecule has 0 saturated carbocycles. The quantitative estimate of drug-likeness (QED) is 0.638. The number of fused-ring (bicyclic) bond motifs is 1. The lowest BCUT2D eigenvalue weighted by Gasteiger charge is -2.10.